The molecule has 8 aromatic rings. The Bertz CT molecular complexity index is 2440. The zero-order valence-corrected chi connectivity index (χ0v) is 27.3. The summed E-state index contributed by atoms with van der Waals surface area (Å²) in [4.78, 5) is 2.49. The van der Waals surface area contributed by atoms with E-state index in [0.717, 1.165) is 17.1 Å². The van der Waals surface area contributed by atoms with Crippen molar-refractivity contribution in [2.24, 2.45) is 0 Å². The highest BCUT2D eigenvalue weighted by Gasteiger charge is 2.36. The molecule has 1 aliphatic carbocycles. The maximum atomic E-state index is 2.49. The van der Waals surface area contributed by atoms with Crippen LogP contribution >= 0.6 is 11.3 Å². The van der Waals surface area contributed by atoms with Crippen LogP contribution in [0.5, 0.6) is 0 Å². The quantitative estimate of drug-likeness (QED) is 0.185. The first-order chi connectivity index (χ1) is 23.1. The van der Waals surface area contributed by atoms with Crippen LogP contribution < -0.4 is 4.90 Å². The minimum Gasteiger partial charge on any atom is -0.310 e. The molecule has 0 amide bonds. The third kappa shape index (κ3) is 4.44. The van der Waals surface area contributed by atoms with E-state index in [1.165, 1.54) is 64.7 Å². The number of fused-ring (bicyclic) bond motifs is 6. The second-order valence-corrected chi connectivity index (χ2v) is 14.0. The van der Waals surface area contributed by atoms with Gasteiger partial charge in [0.25, 0.3) is 0 Å². The van der Waals surface area contributed by atoms with Crippen LogP contribution in [0.15, 0.2) is 164 Å². The van der Waals surface area contributed by atoms with Crippen LogP contribution in [0.2, 0.25) is 0 Å². The average molecular weight is 620 g/mol. The molecule has 0 unspecified atom stereocenters. The van der Waals surface area contributed by atoms with Gasteiger partial charge in [-0.15, -0.1) is 11.3 Å². The van der Waals surface area contributed by atoms with Crippen LogP contribution in [0.1, 0.15) is 25.0 Å². The topological polar surface area (TPSA) is 3.24 Å². The van der Waals surface area contributed by atoms with Gasteiger partial charge in [-0.2, -0.15) is 0 Å². The second kappa shape index (κ2) is 10.8. The molecule has 1 nitrogen and oxygen atoms in total. The molecule has 0 bridgehead atoms. The number of anilines is 3. The zero-order valence-electron chi connectivity index (χ0n) is 26.4. The van der Waals surface area contributed by atoms with Gasteiger partial charge in [0.2, 0.25) is 0 Å². The van der Waals surface area contributed by atoms with Crippen molar-refractivity contribution in [1.29, 1.82) is 0 Å². The van der Waals surface area contributed by atoms with Gasteiger partial charge in [0.05, 0.1) is 5.69 Å². The van der Waals surface area contributed by atoms with E-state index in [2.05, 4.69) is 183 Å². The van der Waals surface area contributed by atoms with E-state index < -0.39 is 0 Å². The molecule has 1 heterocycles. The van der Waals surface area contributed by atoms with Crippen molar-refractivity contribution in [1.82, 2.24) is 0 Å². The first-order valence-electron chi connectivity index (χ1n) is 16.3. The highest BCUT2D eigenvalue weighted by Crippen LogP contribution is 2.52. The van der Waals surface area contributed by atoms with E-state index in [9.17, 15) is 0 Å². The SMILES string of the molecule is CC1(C)c2ccccc2-c2ccc(N(c3cc(-c4ccccc4)c4sc5ccccc5c4c3)c3ccccc3-c3ccccc3)cc21. The molecular weight excluding hydrogens is 587 g/mol. The molecule has 0 saturated carbocycles. The number of benzene rings is 7. The minimum atomic E-state index is -0.102. The predicted molar refractivity (Wildman–Crippen MR) is 202 cm³/mol. The van der Waals surface area contributed by atoms with Crippen LogP contribution in [0.4, 0.5) is 17.1 Å². The summed E-state index contributed by atoms with van der Waals surface area (Å²) in [5.74, 6) is 0. The Labute approximate surface area is 280 Å². The van der Waals surface area contributed by atoms with Crippen molar-refractivity contribution in [3.63, 3.8) is 0 Å². The monoisotopic (exact) mass is 619 g/mol. The van der Waals surface area contributed by atoms with E-state index in [0.29, 0.717) is 0 Å². The van der Waals surface area contributed by atoms with Gasteiger partial charge in [-0.3, -0.25) is 0 Å². The summed E-state index contributed by atoms with van der Waals surface area (Å²) in [5, 5.41) is 2.59. The lowest BCUT2D eigenvalue weighted by atomic mass is 9.82. The molecule has 2 heteroatoms. The molecule has 0 atom stereocenters. The van der Waals surface area contributed by atoms with Gasteiger partial charge in [-0.25, -0.2) is 0 Å². The Balaban J connectivity index is 1.35. The molecule has 224 valence electrons. The molecule has 9 rings (SSSR count). The Morgan fingerprint density at radius 2 is 1.06 bits per heavy atom. The molecule has 0 spiro atoms. The summed E-state index contributed by atoms with van der Waals surface area (Å²) >= 11 is 1.89. The van der Waals surface area contributed by atoms with Crippen LogP contribution in [0.3, 0.4) is 0 Å². The Kier molecular flexibility index (Phi) is 6.41. The summed E-state index contributed by atoms with van der Waals surface area (Å²) in [7, 11) is 0. The number of thiophene rings is 1. The lowest BCUT2D eigenvalue weighted by molar-refractivity contribution is 0.660. The van der Waals surface area contributed by atoms with E-state index in [1.54, 1.807) is 0 Å². The molecule has 0 aliphatic heterocycles. The third-order valence-corrected chi connectivity index (χ3v) is 11.1. The smallest absolute Gasteiger partial charge is 0.0540 e. The maximum absolute atomic E-state index is 2.49. The summed E-state index contributed by atoms with van der Waals surface area (Å²) < 4.78 is 2.63. The van der Waals surface area contributed by atoms with Crippen molar-refractivity contribution >= 4 is 48.6 Å². The normalized spacial score (nSPS) is 13.1. The van der Waals surface area contributed by atoms with E-state index in [-0.39, 0.29) is 5.41 Å². The summed E-state index contributed by atoms with van der Waals surface area (Å²) in [6.45, 7) is 4.72. The highest BCUT2D eigenvalue weighted by molar-refractivity contribution is 7.26. The average Bonchev–Trinajstić information content (AvgIpc) is 3.61. The summed E-state index contributed by atoms with van der Waals surface area (Å²) in [6, 6.07) is 60.1. The van der Waals surface area contributed by atoms with Gasteiger partial charge in [-0.1, -0.05) is 141 Å². The van der Waals surface area contributed by atoms with E-state index >= 15 is 0 Å². The van der Waals surface area contributed by atoms with Gasteiger partial charge in [0.15, 0.2) is 0 Å². The van der Waals surface area contributed by atoms with Crippen LogP contribution in [0, 0.1) is 0 Å². The molecule has 0 radical (unpaired) electrons. The first kappa shape index (κ1) is 27.8. The predicted octanol–water partition coefficient (Wildman–Crippen LogP) is 13.2. The van der Waals surface area contributed by atoms with Gasteiger partial charge in [-0.05, 0) is 69.8 Å². The molecule has 7 aromatic carbocycles. The molecule has 1 aromatic heterocycles. The summed E-state index contributed by atoms with van der Waals surface area (Å²) in [6.07, 6.45) is 0. The van der Waals surface area contributed by atoms with Crippen molar-refractivity contribution in [3.05, 3.63) is 175 Å². The number of para-hydroxylation sites is 1. The molecular formula is C45H33NS. The van der Waals surface area contributed by atoms with Crippen molar-refractivity contribution in [3.8, 4) is 33.4 Å². The number of nitrogens with zero attached hydrogens (tertiary/aromatic N) is 1. The van der Waals surface area contributed by atoms with Crippen molar-refractivity contribution in [2.75, 3.05) is 4.90 Å². The van der Waals surface area contributed by atoms with Gasteiger partial charge in [0, 0.05) is 48.1 Å². The Morgan fingerprint density at radius 1 is 0.447 bits per heavy atom. The number of hydrogen-bond donors (Lipinski definition) is 0. The van der Waals surface area contributed by atoms with Gasteiger partial charge >= 0.3 is 0 Å². The lowest BCUT2D eigenvalue weighted by Gasteiger charge is -2.30. The van der Waals surface area contributed by atoms with Crippen molar-refractivity contribution < 1.29 is 0 Å². The molecule has 0 saturated heterocycles. The first-order valence-corrected chi connectivity index (χ1v) is 17.1. The van der Waals surface area contributed by atoms with E-state index in [4.69, 9.17) is 0 Å². The van der Waals surface area contributed by atoms with E-state index in [1.807, 2.05) is 11.3 Å². The van der Waals surface area contributed by atoms with Crippen molar-refractivity contribution in [2.45, 2.75) is 19.3 Å². The zero-order chi connectivity index (χ0) is 31.5. The largest absolute Gasteiger partial charge is 0.310 e. The fraction of sp³-hybridized carbons (Fsp3) is 0.0667. The standard InChI is InChI=1S/C45H33NS/c1-45(2)40-22-12-9-20-35(40)36-26-25-32(29-41(36)45)46(42-23-13-10-19-34(42)30-15-5-3-6-16-30)33-27-38(31-17-7-4-8-18-31)44-39(28-33)37-21-11-14-24-43(37)47-44/h3-29H,1-2H3. The molecule has 1 aliphatic rings. The molecule has 47 heavy (non-hydrogen) atoms. The third-order valence-electron chi connectivity index (χ3n) is 9.86. The second-order valence-electron chi connectivity index (χ2n) is 13.0. The van der Waals surface area contributed by atoms with Crippen LogP contribution in [0.25, 0.3) is 53.6 Å². The fourth-order valence-corrected chi connectivity index (χ4v) is 8.78. The van der Waals surface area contributed by atoms with Gasteiger partial charge in [0.1, 0.15) is 0 Å². The summed E-state index contributed by atoms with van der Waals surface area (Å²) in [5.41, 5.74) is 13.7. The van der Waals surface area contributed by atoms with Crippen LogP contribution in [-0.2, 0) is 5.41 Å². The number of hydrogen-bond acceptors (Lipinski definition) is 2. The fourth-order valence-electron chi connectivity index (χ4n) is 7.56. The molecule has 0 N–H and O–H groups in total. The lowest BCUT2D eigenvalue weighted by Crippen LogP contribution is -2.17. The maximum Gasteiger partial charge on any atom is 0.0540 e. The molecule has 0 fully saturated rings. The number of rotatable bonds is 5. The minimum absolute atomic E-state index is 0.102. The Hall–Kier alpha value is -5.44. The van der Waals surface area contributed by atoms with Gasteiger partial charge < -0.3 is 4.90 Å². The van der Waals surface area contributed by atoms with Crippen LogP contribution in [-0.4, -0.2) is 0 Å². The highest BCUT2D eigenvalue weighted by atomic mass is 32.1. The Morgan fingerprint density at radius 3 is 1.85 bits per heavy atom.